The number of anilines is 1. The van der Waals surface area contributed by atoms with Crippen molar-refractivity contribution in [2.45, 2.75) is 38.1 Å². The maximum atomic E-state index is 12.7. The van der Waals surface area contributed by atoms with E-state index in [-0.39, 0.29) is 17.9 Å². The molecule has 2 unspecified atom stereocenters. The van der Waals surface area contributed by atoms with Gasteiger partial charge in [0.2, 0.25) is 5.91 Å². The summed E-state index contributed by atoms with van der Waals surface area (Å²) in [6.07, 6.45) is 8.52. The molecule has 2 bridgehead atoms. The minimum atomic E-state index is 0.0778. The lowest BCUT2D eigenvalue weighted by Gasteiger charge is -2.43. The summed E-state index contributed by atoms with van der Waals surface area (Å²) in [6.45, 7) is 0. The fourth-order valence-electron chi connectivity index (χ4n) is 4.36. The molecule has 2 fully saturated rings. The molecule has 5 heteroatoms. The Morgan fingerprint density at radius 1 is 1.25 bits per heavy atom. The van der Waals surface area contributed by atoms with E-state index in [9.17, 15) is 4.79 Å². The molecular weight excluding hydrogens is 302 g/mol. The average molecular weight is 325 g/mol. The maximum absolute atomic E-state index is 12.7. The first-order valence-electron chi connectivity index (χ1n) is 8.76. The zero-order valence-electron chi connectivity index (χ0n) is 13.7. The number of rotatable bonds is 3. The average Bonchev–Trinajstić information content (AvgIpc) is 3.09. The van der Waals surface area contributed by atoms with Crippen molar-refractivity contribution in [3.63, 3.8) is 0 Å². The number of benzene rings is 1. The van der Waals surface area contributed by atoms with Crippen LogP contribution in [0.2, 0.25) is 0 Å². The van der Waals surface area contributed by atoms with Crippen molar-refractivity contribution >= 4 is 11.6 Å². The van der Waals surface area contributed by atoms with Crippen LogP contribution in [-0.4, -0.2) is 16.9 Å². The minimum absolute atomic E-state index is 0.0778. The van der Waals surface area contributed by atoms with Crippen molar-refractivity contribution < 1.29 is 9.21 Å². The first-order chi connectivity index (χ1) is 11.7. The smallest absolute Gasteiger partial charge is 0.227 e. The summed E-state index contributed by atoms with van der Waals surface area (Å²) in [5, 5.41) is 3.08. The van der Waals surface area contributed by atoms with Gasteiger partial charge in [0.05, 0.1) is 6.20 Å². The molecule has 0 saturated heterocycles. The predicted octanol–water partition coefficient (Wildman–Crippen LogP) is 3.43. The van der Waals surface area contributed by atoms with E-state index in [1.54, 1.807) is 6.20 Å². The molecule has 2 aromatic rings. The number of aromatic nitrogens is 1. The van der Waals surface area contributed by atoms with Crippen LogP contribution in [0.4, 0.5) is 5.69 Å². The van der Waals surface area contributed by atoms with Crippen molar-refractivity contribution in [3.05, 3.63) is 36.9 Å². The lowest BCUT2D eigenvalue weighted by atomic mass is 9.65. The monoisotopic (exact) mass is 325 g/mol. The van der Waals surface area contributed by atoms with Gasteiger partial charge in [-0.2, -0.15) is 0 Å². The Balaban J connectivity index is 1.46. The topological polar surface area (TPSA) is 81.2 Å². The molecule has 0 spiro atoms. The normalized spacial score (nSPS) is 29.2. The number of nitrogens with two attached hydrogens (primary N) is 1. The van der Waals surface area contributed by atoms with Gasteiger partial charge in [-0.05, 0) is 49.7 Å². The molecule has 2 aliphatic carbocycles. The summed E-state index contributed by atoms with van der Waals surface area (Å²) in [4.78, 5) is 16.7. The highest BCUT2D eigenvalue weighted by Crippen LogP contribution is 2.42. The van der Waals surface area contributed by atoms with E-state index >= 15 is 0 Å². The van der Waals surface area contributed by atoms with Crippen LogP contribution in [0.5, 0.6) is 0 Å². The Kier molecular flexibility index (Phi) is 4.10. The third-order valence-electron chi connectivity index (χ3n) is 5.63. The number of fused-ring (bicyclic) bond motifs is 2. The summed E-state index contributed by atoms with van der Waals surface area (Å²) in [7, 11) is 0. The van der Waals surface area contributed by atoms with E-state index in [1.807, 2.05) is 24.3 Å². The Morgan fingerprint density at radius 3 is 2.75 bits per heavy atom. The van der Waals surface area contributed by atoms with Gasteiger partial charge in [-0.3, -0.25) is 4.79 Å². The van der Waals surface area contributed by atoms with Crippen molar-refractivity contribution in [2.75, 3.05) is 5.32 Å². The SMILES string of the molecule is NC1C2CCCC1CC(C(=O)Nc1cccc(-c3cnco3)c1)C2. The first kappa shape index (κ1) is 15.4. The number of nitrogens with zero attached hydrogens (tertiary/aromatic N) is 1. The molecule has 2 atom stereocenters. The molecule has 1 aromatic carbocycles. The quantitative estimate of drug-likeness (QED) is 0.906. The zero-order chi connectivity index (χ0) is 16.5. The standard InChI is InChI=1S/C19H23N3O2/c20-18-13-4-1-5-14(18)8-15(7-13)19(23)22-16-6-2-3-12(9-16)17-10-21-11-24-17/h2-3,6,9-11,13-15,18H,1,4-5,7-8,20H2,(H,22,23). The Hall–Kier alpha value is -2.14. The molecule has 2 saturated carbocycles. The van der Waals surface area contributed by atoms with Gasteiger partial charge < -0.3 is 15.5 Å². The second-order valence-corrected chi connectivity index (χ2v) is 7.13. The van der Waals surface area contributed by atoms with Gasteiger partial charge >= 0.3 is 0 Å². The lowest BCUT2D eigenvalue weighted by molar-refractivity contribution is -0.122. The first-order valence-corrected chi connectivity index (χ1v) is 8.76. The van der Waals surface area contributed by atoms with E-state index in [0.29, 0.717) is 17.6 Å². The lowest BCUT2D eigenvalue weighted by Crippen LogP contribution is -2.48. The number of carbonyl (C=O) groups excluding carboxylic acids is 1. The molecular formula is C19H23N3O2. The van der Waals surface area contributed by atoms with E-state index < -0.39 is 0 Å². The number of amides is 1. The number of oxazole rings is 1. The van der Waals surface area contributed by atoms with E-state index in [1.165, 1.54) is 25.7 Å². The van der Waals surface area contributed by atoms with Gasteiger partial charge in [0, 0.05) is 23.2 Å². The van der Waals surface area contributed by atoms with Gasteiger partial charge in [0.25, 0.3) is 0 Å². The van der Waals surface area contributed by atoms with E-state index in [0.717, 1.165) is 24.1 Å². The fourth-order valence-corrected chi connectivity index (χ4v) is 4.36. The van der Waals surface area contributed by atoms with Crippen molar-refractivity contribution in [2.24, 2.45) is 23.5 Å². The molecule has 1 amide bonds. The van der Waals surface area contributed by atoms with Crippen LogP contribution in [0.3, 0.4) is 0 Å². The summed E-state index contributed by atoms with van der Waals surface area (Å²) >= 11 is 0. The summed E-state index contributed by atoms with van der Waals surface area (Å²) < 4.78 is 5.32. The summed E-state index contributed by atoms with van der Waals surface area (Å²) in [5.41, 5.74) is 8.04. The van der Waals surface area contributed by atoms with Crippen molar-refractivity contribution in [1.29, 1.82) is 0 Å². The van der Waals surface area contributed by atoms with Crippen molar-refractivity contribution in [3.8, 4) is 11.3 Å². The highest BCUT2D eigenvalue weighted by molar-refractivity contribution is 5.93. The third kappa shape index (κ3) is 2.96. The fraction of sp³-hybridized carbons (Fsp3) is 0.474. The van der Waals surface area contributed by atoms with Crippen LogP contribution in [0, 0.1) is 17.8 Å². The van der Waals surface area contributed by atoms with Gasteiger partial charge in [-0.25, -0.2) is 4.98 Å². The summed E-state index contributed by atoms with van der Waals surface area (Å²) in [6, 6.07) is 7.98. The third-order valence-corrected chi connectivity index (χ3v) is 5.63. The minimum Gasteiger partial charge on any atom is -0.444 e. The molecule has 5 nitrogen and oxygen atoms in total. The summed E-state index contributed by atoms with van der Waals surface area (Å²) in [5.74, 6) is 1.91. The second kappa shape index (κ2) is 6.40. The molecule has 4 rings (SSSR count). The van der Waals surface area contributed by atoms with E-state index in [2.05, 4.69) is 10.3 Å². The largest absolute Gasteiger partial charge is 0.444 e. The van der Waals surface area contributed by atoms with Crippen molar-refractivity contribution in [1.82, 2.24) is 4.98 Å². The Bertz CT molecular complexity index is 699. The van der Waals surface area contributed by atoms with Crippen LogP contribution in [0.1, 0.15) is 32.1 Å². The highest BCUT2D eigenvalue weighted by atomic mass is 16.3. The maximum Gasteiger partial charge on any atom is 0.227 e. The van der Waals surface area contributed by atoms with Crippen LogP contribution >= 0.6 is 0 Å². The molecule has 1 heterocycles. The molecule has 1 aromatic heterocycles. The molecule has 0 radical (unpaired) electrons. The predicted molar refractivity (Wildman–Crippen MR) is 92.1 cm³/mol. The number of carbonyl (C=O) groups is 1. The van der Waals surface area contributed by atoms with Crippen LogP contribution in [-0.2, 0) is 4.79 Å². The molecule has 126 valence electrons. The van der Waals surface area contributed by atoms with Gasteiger partial charge in [-0.15, -0.1) is 0 Å². The molecule has 2 aliphatic rings. The zero-order valence-corrected chi connectivity index (χ0v) is 13.7. The number of nitrogens with one attached hydrogen (secondary N) is 1. The van der Waals surface area contributed by atoms with Gasteiger partial charge in [0.15, 0.2) is 12.2 Å². The van der Waals surface area contributed by atoms with Crippen LogP contribution in [0.25, 0.3) is 11.3 Å². The van der Waals surface area contributed by atoms with E-state index in [4.69, 9.17) is 10.2 Å². The molecule has 0 aliphatic heterocycles. The van der Waals surface area contributed by atoms with Gasteiger partial charge in [0.1, 0.15) is 0 Å². The number of hydrogen-bond acceptors (Lipinski definition) is 4. The number of hydrogen-bond donors (Lipinski definition) is 2. The van der Waals surface area contributed by atoms with Crippen LogP contribution < -0.4 is 11.1 Å². The van der Waals surface area contributed by atoms with Crippen LogP contribution in [0.15, 0.2) is 41.3 Å². The Morgan fingerprint density at radius 2 is 2.04 bits per heavy atom. The molecule has 3 N–H and O–H groups in total. The molecule has 24 heavy (non-hydrogen) atoms. The van der Waals surface area contributed by atoms with Gasteiger partial charge in [-0.1, -0.05) is 18.6 Å². The Labute approximate surface area is 141 Å². The highest BCUT2D eigenvalue weighted by Gasteiger charge is 2.40. The second-order valence-electron chi connectivity index (χ2n) is 7.13.